The summed E-state index contributed by atoms with van der Waals surface area (Å²) in [5.74, 6) is 0.499. The number of nitrogens with zero attached hydrogens (tertiary/aromatic N) is 1. The van der Waals surface area contributed by atoms with Gasteiger partial charge in [0.15, 0.2) is 0 Å². The zero-order valence-corrected chi connectivity index (χ0v) is 14.3. The second-order valence-corrected chi connectivity index (χ2v) is 8.07. The Kier molecular flexibility index (Phi) is 4.76. The highest BCUT2D eigenvalue weighted by Crippen LogP contribution is 2.23. The predicted molar refractivity (Wildman–Crippen MR) is 87.2 cm³/mol. The van der Waals surface area contributed by atoms with Gasteiger partial charge in [0.05, 0.1) is 16.6 Å². The summed E-state index contributed by atoms with van der Waals surface area (Å²) >= 11 is 3.33. The monoisotopic (exact) mass is 351 g/mol. The Morgan fingerprint density at radius 3 is 2.25 bits per heavy atom. The summed E-state index contributed by atoms with van der Waals surface area (Å²) in [7, 11) is -1.10. The molecule has 2 nitrogen and oxygen atoms in total. The number of halogens is 1. The Morgan fingerprint density at radius 2 is 1.75 bits per heavy atom. The van der Waals surface area contributed by atoms with E-state index in [4.69, 9.17) is 0 Å². The summed E-state index contributed by atoms with van der Waals surface area (Å²) in [6.45, 7) is 6.56. The molecule has 1 heterocycles. The molecule has 0 aliphatic carbocycles. The smallest absolute Gasteiger partial charge is 0.127 e. The highest BCUT2D eigenvalue weighted by molar-refractivity contribution is 9.10. The third kappa shape index (κ3) is 4.00. The molecule has 0 radical (unpaired) electrons. The van der Waals surface area contributed by atoms with Crippen LogP contribution in [0, 0.1) is 0 Å². The number of aromatic nitrogens is 1. The molecule has 0 spiro atoms. The molecule has 0 saturated heterocycles. The summed E-state index contributed by atoms with van der Waals surface area (Å²) < 4.78 is 13.1. The molecule has 1 atom stereocenters. The second-order valence-electron chi connectivity index (χ2n) is 5.75. The first-order valence-electron chi connectivity index (χ1n) is 6.45. The minimum absolute atomic E-state index is 0.144. The fraction of sp³-hybridized carbons (Fsp3) is 0.312. The van der Waals surface area contributed by atoms with Crippen molar-refractivity contribution in [2.24, 2.45) is 0 Å². The van der Waals surface area contributed by atoms with E-state index >= 15 is 0 Å². The fourth-order valence-electron chi connectivity index (χ4n) is 1.82. The summed E-state index contributed by atoms with van der Waals surface area (Å²) in [6.07, 6.45) is 1.68. The number of hydrogen-bond donors (Lipinski definition) is 0. The molecule has 1 unspecified atom stereocenters. The quantitative estimate of drug-likeness (QED) is 0.817. The van der Waals surface area contributed by atoms with Crippen LogP contribution in [0.15, 0.2) is 52.1 Å². The summed E-state index contributed by atoms with van der Waals surface area (Å²) in [6, 6.07) is 12.0. The first-order chi connectivity index (χ1) is 9.36. The lowest BCUT2D eigenvalue weighted by Crippen LogP contribution is -2.10. The van der Waals surface area contributed by atoms with E-state index in [9.17, 15) is 4.21 Å². The second kappa shape index (κ2) is 6.19. The maximum atomic E-state index is 12.2. The summed E-state index contributed by atoms with van der Waals surface area (Å²) in [5.41, 5.74) is 2.50. The van der Waals surface area contributed by atoms with E-state index in [0.717, 1.165) is 10.0 Å². The minimum atomic E-state index is -1.10. The van der Waals surface area contributed by atoms with E-state index in [1.165, 1.54) is 5.56 Å². The maximum absolute atomic E-state index is 12.2. The molecule has 1 aromatic carbocycles. The zero-order chi connectivity index (χ0) is 14.8. The van der Waals surface area contributed by atoms with Crippen molar-refractivity contribution in [1.82, 2.24) is 4.98 Å². The van der Waals surface area contributed by atoms with Crippen LogP contribution in [0.1, 0.15) is 31.9 Å². The first kappa shape index (κ1) is 15.4. The van der Waals surface area contributed by atoms with Gasteiger partial charge >= 0.3 is 0 Å². The van der Waals surface area contributed by atoms with E-state index in [1.807, 2.05) is 6.07 Å². The Morgan fingerprint density at radius 1 is 1.10 bits per heavy atom. The minimum Gasteiger partial charge on any atom is -0.252 e. The van der Waals surface area contributed by atoms with Crippen LogP contribution < -0.4 is 0 Å². The standard InChI is InChI=1S/C16H18BrNOS/c1-16(2,3)13-6-4-12(5-7-13)11-20(19)15-9-8-14(17)10-18-15/h4-10H,11H2,1-3H3. The van der Waals surface area contributed by atoms with Crippen molar-refractivity contribution < 1.29 is 4.21 Å². The average Bonchev–Trinajstić information content (AvgIpc) is 2.39. The lowest BCUT2D eigenvalue weighted by Gasteiger charge is -2.19. The molecule has 106 valence electrons. The molecule has 1 aromatic heterocycles. The molecule has 0 fully saturated rings. The molecule has 0 amide bonds. The molecule has 0 aliphatic rings. The van der Waals surface area contributed by atoms with Crippen LogP contribution in [-0.2, 0) is 22.0 Å². The molecule has 4 heteroatoms. The fourth-order valence-corrected chi connectivity index (χ4v) is 3.09. The summed E-state index contributed by atoms with van der Waals surface area (Å²) in [4.78, 5) is 4.18. The highest BCUT2D eigenvalue weighted by atomic mass is 79.9. The van der Waals surface area contributed by atoms with E-state index < -0.39 is 10.8 Å². The molecule has 0 saturated carbocycles. The van der Waals surface area contributed by atoms with E-state index in [2.05, 4.69) is 66.0 Å². The van der Waals surface area contributed by atoms with Crippen LogP contribution in [0.2, 0.25) is 0 Å². The van der Waals surface area contributed by atoms with Crippen molar-refractivity contribution in [3.05, 3.63) is 58.2 Å². The Balaban J connectivity index is 2.10. The molecule has 2 aromatic rings. The average molecular weight is 352 g/mol. The van der Waals surface area contributed by atoms with Gasteiger partial charge in [0, 0.05) is 10.7 Å². The largest absolute Gasteiger partial charge is 0.252 e. The number of hydrogen-bond acceptors (Lipinski definition) is 2. The van der Waals surface area contributed by atoms with Gasteiger partial charge in [-0.3, -0.25) is 4.21 Å². The van der Waals surface area contributed by atoms with E-state index in [-0.39, 0.29) is 5.41 Å². The topological polar surface area (TPSA) is 30.0 Å². The zero-order valence-electron chi connectivity index (χ0n) is 11.9. The van der Waals surface area contributed by atoms with Gasteiger partial charge in [-0.1, -0.05) is 45.0 Å². The Hall–Kier alpha value is -1.00. The van der Waals surface area contributed by atoms with Gasteiger partial charge in [0.25, 0.3) is 0 Å². The van der Waals surface area contributed by atoms with Crippen LogP contribution in [0.4, 0.5) is 0 Å². The van der Waals surface area contributed by atoms with Gasteiger partial charge in [-0.25, -0.2) is 4.98 Å². The van der Waals surface area contributed by atoms with Gasteiger partial charge in [-0.2, -0.15) is 0 Å². The van der Waals surface area contributed by atoms with Gasteiger partial charge in [0.2, 0.25) is 0 Å². The van der Waals surface area contributed by atoms with Gasteiger partial charge < -0.3 is 0 Å². The normalized spacial score (nSPS) is 13.2. The lowest BCUT2D eigenvalue weighted by atomic mass is 9.87. The van der Waals surface area contributed by atoms with E-state index in [0.29, 0.717) is 10.8 Å². The van der Waals surface area contributed by atoms with Crippen molar-refractivity contribution in [3.63, 3.8) is 0 Å². The van der Waals surface area contributed by atoms with Gasteiger partial charge in [-0.15, -0.1) is 0 Å². The first-order valence-corrected chi connectivity index (χ1v) is 8.57. The van der Waals surface area contributed by atoms with Crippen molar-refractivity contribution in [2.75, 3.05) is 0 Å². The van der Waals surface area contributed by atoms with Crippen LogP contribution in [-0.4, -0.2) is 9.19 Å². The Labute approximate surface area is 131 Å². The molecule has 0 bridgehead atoms. The lowest BCUT2D eigenvalue weighted by molar-refractivity contribution is 0.590. The summed E-state index contributed by atoms with van der Waals surface area (Å²) in [5, 5.41) is 0.619. The maximum Gasteiger partial charge on any atom is 0.127 e. The predicted octanol–water partition coefficient (Wildman–Crippen LogP) is 4.45. The molecule has 20 heavy (non-hydrogen) atoms. The molecular formula is C16H18BrNOS. The third-order valence-electron chi connectivity index (χ3n) is 3.05. The van der Waals surface area contributed by atoms with E-state index in [1.54, 1.807) is 12.3 Å². The van der Waals surface area contributed by atoms with Crippen LogP contribution >= 0.6 is 15.9 Å². The third-order valence-corrected chi connectivity index (χ3v) is 4.82. The van der Waals surface area contributed by atoms with Crippen molar-refractivity contribution >= 4 is 26.7 Å². The number of benzene rings is 1. The molecule has 0 aliphatic heterocycles. The van der Waals surface area contributed by atoms with Gasteiger partial charge in [-0.05, 0) is 44.6 Å². The van der Waals surface area contributed by atoms with Crippen molar-refractivity contribution in [2.45, 2.75) is 37.0 Å². The molecular weight excluding hydrogens is 334 g/mol. The van der Waals surface area contributed by atoms with Crippen molar-refractivity contribution in [1.29, 1.82) is 0 Å². The van der Waals surface area contributed by atoms with Gasteiger partial charge in [0.1, 0.15) is 5.03 Å². The molecule has 0 N–H and O–H groups in total. The van der Waals surface area contributed by atoms with Crippen LogP contribution in [0.3, 0.4) is 0 Å². The van der Waals surface area contributed by atoms with Crippen LogP contribution in [0.25, 0.3) is 0 Å². The molecule has 2 rings (SSSR count). The SMILES string of the molecule is CC(C)(C)c1ccc(CS(=O)c2ccc(Br)cn2)cc1. The highest BCUT2D eigenvalue weighted by Gasteiger charge is 2.13. The number of pyridine rings is 1. The Bertz CT molecular complexity index is 600. The van der Waals surface area contributed by atoms with Crippen LogP contribution in [0.5, 0.6) is 0 Å². The number of rotatable bonds is 3. The van der Waals surface area contributed by atoms with Crippen molar-refractivity contribution in [3.8, 4) is 0 Å².